The Labute approximate surface area is 126 Å². The van der Waals surface area contributed by atoms with E-state index in [0.29, 0.717) is 28.5 Å². The van der Waals surface area contributed by atoms with Gasteiger partial charge in [0.25, 0.3) is 0 Å². The summed E-state index contributed by atoms with van der Waals surface area (Å²) < 4.78 is 5.11. The molecule has 1 aromatic heterocycles. The highest BCUT2D eigenvalue weighted by molar-refractivity contribution is 7.17. The van der Waals surface area contributed by atoms with Crippen LogP contribution in [-0.4, -0.2) is 34.9 Å². The van der Waals surface area contributed by atoms with Gasteiger partial charge in [-0.1, -0.05) is 11.3 Å². The molecule has 0 radical (unpaired) electrons. The van der Waals surface area contributed by atoms with E-state index in [-0.39, 0.29) is 17.9 Å². The summed E-state index contributed by atoms with van der Waals surface area (Å²) in [6, 6.07) is -0.534. The van der Waals surface area contributed by atoms with Crippen LogP contribution in [0.2, 0.25) is 0 Å². The van der Waals surface area contributed by atoms with Gasteiger partial charge in [-0.2, -0.15) is 0 Å². The molecule has 2 rings (SSSR count). The van der Waals surface area contributed by atoms with Crippen LogP contribution in [0, 0.1) is 6.92 Å². The Morgan fingerprint density at radius 1 is 1.48 bits per heavy atom. The number of hydrogen-bond acceptors (Lipinski definition) is 6. The lowest BCUT2D eigenvalue weighted by Crippen LogP contribution is -2.37. The summed E-state index contributed by atoms with van der Waals surface area (Å²) in [6.07, 6.45) is 0.601. The molecular weight excluding hydrogens is 294 g/mol. The van der Waals surface area contributed by atoms with Crippen molar-refractivity contribution in [2.24, 2.45) is 0 Å². The van der Waals surface area contributed by atoms with Gasteiger partial charge in [0.2, 0.25) is 11.8 Å². The summed E-state index contributed by atoms with van der Waals surface area (Å²) in [5.74, 6) is -0.903. The molecule has 1 aliphatic rings. The average Bonchev–Trinajstić information content (AvgIpc) is 2.95. The molecule has 0 spiro atoms. The predicted molar refractivity (Wildman–Crippen MR) is 77.2 cm³/mol. The zero-order valence-corrected chi connectivity index (χ0v) is 12.9. The maximum atomic E-state index is 12.0. The first-order chi connectivity index (χ1) is 9.86. The van der Waals surface area contributed by atoms with Gasteiger partial charge in [-0.25, -0.2) is 9.78 Å². The maximum absolute atomic E-state index is 12.0. The van der Waals surface area contributed by atoms with E-state index in [2.05, 4.69) is 15.6 Å². The standard InChI is InChI=1S/C13H17N3O4S/c1-6(2)20-12(19)10-7(3)14-13(21-10)16-11(18)8-4-5-9(17)15-8/h6,8H,4-5H2,1-3H3,(H,15,17)(H,14,16,18). The Balaban J connectivity index is 2.03. The number of carbonyl (C=O) groups is 3. The van der Waals surface area contributed by atoms with Crippen molar-refractivity contribution in [3.05, 3.63) is 10.6 Å². The molecule has 2 heterocycles. The van der Waals surface area contributed by atoms with Crippen molar-refractivity contribution in [1.82, 2.24) is 10.3 Å². The van der Waals surface area contributed by atoms with Gasteiger partial charge >= 0.3 is 5.97 Å². The molecule has 114 valence electrons. The van der Waals surface area contributed by atoms with Crippen molar-refractivity contribution in [2.75, 3.05) is 5.32 Å². The highest BCUT2D eigenvalue weighted by Gasteiger charge is 2.28. The fourth-order valence-corrected chi connectivity index (χ4v) is 2.76. The van der Waals surface area contributed by atoms with E-state index in [4.69, 9.17) is 4.74 Å². The molecule has 7 nitrogen and oxygen atoms in total. The summed E-state index contributed by atoms with van der Waals surface area (Å²) in [4.78, 5) is 39.4. The maximum Gasteiger partial charge on any atom is 0.350 e. The van der Waals surface area contributed by atoms with Gasteiger partial charge in [0.15, 0.2) is 5.13 Å². The molecule has 2 N–H and O–H groups in total. The van der Waals surface area contributed by atoms with E-state index in [0.717, 1.165) is 11.3 Å². The van der Waals surface area contributed by atoms with Crippen LogP contribution < -0.4 is 10.6 Å². The number of ether oxygens (including phenoxy) is 1. The molecule has 8 heteroatoms. The Morgan fingerprint density at radius 2 is 2.19 bits per heavy atom. The first kappa shape index (κ1) is 15.4. The van der Waals surface area contributed by atoms with Gasteiger partial charge in [-0.05, 0) is 27.2 Å². The molecule has 1 aromatic rings. The van der Waals surface area contributed by atoms with E-state index in [1.54, 1.807) is 20.8 Å². The highest BCUT2D eigenvalue weighted by Crippen LogP contribution is 2.24. The van der Waals surface area contributed by atoms with E-state index in [9.17, 15) is 14.4 Å². The van der Waals surface area contributed by atoms with Gasteiger partial charge in [0.05, 0.1) is 11.8 Å². The third-order valence-electron chi connectivity index (χ3n) is 2.87. The van der Waals surface area contributed by atoms with Crippen LogP contribution in [0.15, 0.2) is 0 Å². The largest absolute Gasteiger partial charge is 0.459 e. The van der Waals surface area contributed by atoms with E-state index < -0.39 is 12.0 Å². The average molecular weight is 311 g/mol. The van der Waals surface area contributed by atoms with Crippen LogP contribution in [0.5, 0.6) is 0 Å². The molecule has 1 aliphatic heterocycles. The lowest BCUT2D eigenvalue weighted by Gasteiger charge is -2.08. The third kappa shape index (κ3) is 3.78. The zero-order chi connectivity index (χ0) is 15.6. The second-order valence-corrected chi connectivity index (χ2v) is 6.03. The smallest absolute Gasteiger partial charge is 0.350 e. The first-order valence-electron chi connectivity index (χ1n) is 6.65. The number of hydrogen-bond donors (Lipinski definition) is 2. The van der Waals surface area contributed by atoms with Crippen molar-refractivity contribution in [2.45, 2.75) is 45.8 Å². The van der Waals surface area contributed by atoms with Gasteiger partial charge in [-0.15, -0.1) is 0 Å². The second kappa shape index (κ2) is 6.21. The van der Waals surface area contributed by atoms with Gasteiger partial charge < -0.3 is 15.4 Å². The number of anilines is 1. The highest BCUT2D eigenvalue weighted by atomic mass is 32.1. The zero-order valence-electron chi connectivity index (χ0n) is 12.1. The van der Waals surface area contributed by atoms with Crippen LogP contribution >= 0.6 is 11.3 Å². The number of amides is 2. The van der Waals surface area contributed by atoms with Crippen LogP contribution in [0.3, 0.4) is 0 Å². The number of esters is 1. The number of nitrogens with zero attached hydrogens (tertiary/aromatic N) is 1. The van der Waals surface area contributed by atoms with E-state index >= 15 is 0 Å². The molecule has 0 aromatic carbocycles. The molecule has 1 unspecified atom stereocenters. The quantitative estimate of drug-likeness (QED) is 0.815. The fourth-order valence-electron chi connectivity index (χ4n) is 1.91. The summed E-state index contributed by atoms with van der Waals surface area (Å²) in [6.45, 7) is 5.21. The molecule has 1 saturated heterocycles. The first-order valence-corrected chi connectivity index (χ1v) is 7.47. The second-order valence-electron chi connectivity index (χ2n) is 5.04. The number of nitrogens with one attached hydrogen (secondary N) is 2. The van der Waals surface area contributed by atoms with Crippen molar-refractivity contribution in [1.29, 1.82) is 0 Å². The molecule has 21 heavy (non-hydrogen) atoms. The van der Waals surface area contributed by atoms with Crippen LogP contribution in [-0.2, 0) is 14.3 Å². The van der Waals surface area contributed by atoms with E-state index in [1.807, 2.05) is 0 Å². The molecule has 2 amide bonds. The van der Waals surface area contributed by atoms with Crippen LogP contribution in [0.25, 0.3) is 0 Å². The Hall–Kier alpha value is -1.96. The summed E-state index contributed by atoms with van der Waals surface area (Å²) in [5.41, 5.74) is 0.511. The Morgan fingerprint density at radius 3 is 2.76 bits per heavy atom. The number of aromatic nitrogens is 1. The van der Waals surface area contributed by atoms with Gasteiger partial charge in [0, 0.05) is 6.42 Å². The number of aryl methyl sites for hydroxylation is 1. The minimum atomic E-state index is -0.534. The summed E-state index contributed by atoms with van der Waals surface area (Å²) in [7, 11) is 0. The SMILES string of the molecule is Cc1nc(NC(=O)C2CCC(=O)N2)sc1C(=O)OC(C)C. The summed E-state index contributed by atoms with van der Waals surface area (Å²) in [5, 5.41) is 5.53. The fraction of sp³-hybridized carbons (Fsp3) is 0.538. The van der Waals surface area contributed by atoms with Gasteiger partial charge in [0.1, 0.15) is 10.9 Å². The molecule has 1 fully saturated rings. The van der Waals surface area contributed by atoms with Crippen molar-refractivity contribution < 1.29 is 19.1 Å². The number of carbonyl (C=O) groups excluding carboxylic acids is 3. The van der Waals surface area contributed by atoms with Gasteiger partial charge in [-0.3, -0.25) is 9.59 Å². The van der Waals surface area contributed by atoms with E-state index in [1.165, 1.54) is 0 Å². The molecule has 0 aliphatic carbocycles. The lowest BCUT2D eigenvalue weighted by molar-refractivity contribution is -0.122. The third-order valence-corrected chi connectivity index (χ3v) is 3.92. The predicted octanol–water partition coefficient (Wildman–Crippen LogP) is 1.23. The Bertz CT molecular complexity index is 582. The topological polar surface area (TPSA) is 97.4 Å². The lowest BCUT2D eigenvalue weighted by atomic mass is 10.2. The van der Waals surface area contributed by atoms with Crippen LogP contribution in [0.4, 0.5) is 5.13 Å². The minimum Gasteiger partial charge on any atom is -0.459 e. The van der Waals surface area contributed by atoms with Crippen molar-refractivity contribution in [3.8, 4) is 0 Å². The van der Waals surface area contributed by atoms with Crippen molar-refractivity contribution in [3.63, 3.8) is 0 Å². The number of thiazole rings is 1. The van der Waals surface area contributed by atoms with Crippen molar-refractivity contribution >= 4 is 34.3 Å². The molecule has 1 atom stereocenters. The molecule has 0 saturated carbocycles. The normalized spacial score (nSPS) is 17.7. The monoisotopic (exact) mass is 311 g/mol. The number of rotatable bonds is 4. The van der Waals surface area contributed by atoms with Crippen LogP contribution in [0.1, 0.15) is 42.1 Å². The summed E-state index contributed by atoms with van der Waals surface area (Å²) >= 11 is 1.07. The minimum absolute atomic E-state index is 0.133. The Kier molecular flexibility index (Phi) is 4.56. The molecular formula is C13H17N3O4S. The molecule has 0 bridgehead atoms.